The molecule has 0 aliphatic carbocycles. The molecule has 5 heterocycles. The van der Waals surface area contributed by atoms with Crippen molar-refractivity contribution in [3.63, 3.8) is 0 Å². The zero-order valence-electron chi connectivity index (χ0n) is 34.3. The van der Waals surface area contributed by atoms with Crippen LogP contribution < -0.4 is 4.74 Å². The van der Waals surface area contributed by atoms with Crippen LogP contribution in [0.15, 0.2) is 72.8 Å². The smallest absolute Gasteiger partial charge is 0.306 e. The number of hydrogen-bond donors (Lipinski definition) is 3. The molecule has 7 aromatic rings. The normalized spacial score (nSPS) is 12.8. The highest BCUT2D eigenvalue weighted by Crippen LogP contribution is 2.40. The van der Waals surface area contributed by atoms with Crippen LogP contribution in [-0.2, 0) is 21.0 Å². The Morgan fingerprint density at radius 1 is 0.500 bits per heavy atom. The number of benzene rings is 4. The van der Waals surface area contributed by atoms with E-state index >= 15 is 0 Å². The zero-order valence-corrected chi connectivity index (χ0v) is 34.3. The van der Waals surface area contributed by atoms with Crippen molar-refractivity contribution in [3.05, 3.63) is 89.5 Å². The molecule has 8 bridgehead atoms. The third kappa shape index (κ3) is 6.54. The molecule has 0 amide bonds. The second kappa shape index (κ2) is 13.0. The topological polar surface area (TPSA) is 155 Å². The van der Waals surface area contributed by atoms with Gasteiger partial charge in [0.25, 0.3) is 0 Å². The summed E-state index contributed by atoms with van der Waals surface area (Å²) in [6.07, 6.45) is -0.122. The SMILES string of the molecule is CC(C)(C)c1ccc2c(c1)-c1nc-2nc2[nH]c(nc3nc(nc4[nH]c(n1)c1ccc(C(C)(C)C)cc41)-c1ccc(OCCC(=O)O)cc1-3)c1ccc(C(C)(C)C)cc21. The van der Waals surface area contributed by atoms with Crippen molar-refractivity contribution in [2.45, 2.75) is 85.0 Å². The monoisotopic (exact) mass is 770 g/mol. The largest absolute Gasteiger partial charge is 0.493 e. The highest BCUT2D eigenvalue weighted by Gasteiger charge is 2.26. The number of aliphatic carboxylic acids is 1. The maximum atomic E-state index is 11.3. The summed E-state index contributed by atoms with van der Waals surface area (Å²) in [5, 5.41) is 12.8. The Kier molecular flexibility index (Phi) is 8.33. The van der Waals surface area contributed by atoms with Gasteiger partial charge in [0.1, 0.15) is 28.3 Å². The summed E-state index contributed by atoms with van der Waals surface area (Å²) >= 11 is 0. The third-order valence-corrected chi connectivity index (χ3v) is 11.0. The number of nitrogens with zero attached hydrogens (tertiary/aromatic N) is 6. The highest BCUT2D eigenvalue weighted by molar-refractivity contribution is 6.07. The third-order valence-electron chi connectivity index (χ3n) is 11.0. The lowest BCUT2D eigenvalue weighted by Gasteiger charge is -2.19. The van der Waals surface area contributed by atoms with Gasteiger partial charge in [-0.3, -0.25) is 4.79 Å². The van der Waals surface area contributed by atoms with Gasteiger partial charge in [-0.05, 0) is 69.3 Å². The van der Waals surface area contributed by atoms with Gasteiger partial charge in [0.2, 0.25) is 0 Å². The molecule has 11 nitrogen and oxygen atoms in total. The second-order valence-electron chi connectivity index (χ2n) is 18.3. The summed E-state index contributed by atoms with van der Waals surface area (Å²) < 4.78 is 5.88. The van der Waals surface area contributed by atoms with Crippen molar-refractivity contribution < 1.29 is 14.6 Å². The molecular weight excluding hydrogens is 725 g/mol. The van der Waals surface area contributed by atoms with Crippen molar-refractivity contribution in [3.8, 4) is 51.3 Å². The number of aromatic nitrogens is 8. The van der Waals surface area contributed by atoms with Gasteiger partial charge in [0.15, 0.2) is 23.3 Å². The number of rotatable bonds is 4. The average Bonchev–Trinajstić information content (AvgIpc) is 3.88. The molecule has 2 aliphatic heterocycles. The van der Waals surface area contributed by atoms with Gasteiger partial charge in [0.05, 0.1) is 13.0 Å². The van der Waals surface area contributed by atoms with E-state index in [1.807, 2.05) is 18.2 Å². The van der Waals surface area contributed by atoms with Crippen LogP contribution in [0.4, 0.5) is 0 Å². The number of nitrogens with one attached hydrogen (secondary N) is 2. The van der Waals surface area contributed by atoms with E-state index in [2.05, 4.69) is 127 Å². The molecule has 0 unspecified atom stereocenters. The summed E-state index contributed by atoms with van der Waals surface area (Å²) in [5.74, 6) is 1.60. The highest BCUT2D eigenvalue weighted by atomic mass is 16.5. The van der Waals surface area contributed by atoms with Gasteiger partial charge >= 0.3 is 5.97 Å². The van der Waals surface area contributed by atoms with Crippen LogP contribution in [0.25, 0.3) is 89.7 Å². The Morgan fingerprint density at radius 3 is 1.36 bits per heavy atom. The molecule has 58 heavy (non-hydrogen) atoms. The number of H-pyrrole nitrogens is 2. The molecule has 4 aromatic carbocycles. The number of ether oxygens (including phenoxy) is 1. The van der Waals surface area contributed by atoms with E-state index < -0.39 is 5.97 Å². The van der Waals surface area contributed by atoms with Crippen molar-refractivity contribution in [2.24, 2.45) is 0 Å². The van der Waals surface area contributed by atoms with Crippen LogP contribution >= 0.6 is 0 Å². The molecule has 11 heteroatoms. The molecule has 0 saturated heterocycles. The minimum Gasteiger partial charge on any atom is -0.493 e. The van der Waals surface area contributed by atoms with Crippen LogP contribution in [0, 0.1) is 0 Å². The zero-order chi connectivity index (χ0) is 40.9. The molecule has 2 aliphatic rings. The molecule has 3 N–H and O–H groups in total. The van der Waals surface area contributed by atoms with Crippen LogP contribution in [0.2, 0.25) is 0 Å². The molecule has 292 valence electrons. The lowest BCUT2D eigenvalue weighted by atomic mass is 9.85. The fourth-order valence-electron chi connectivity index (χ4n) is 7.52. The molecule has 0 atom stereocenters. The minimum absolute atomic E-state index is 0.0291. The number of carboxylic acids is 1. The first kappa shape index (κ1) is 37.1. The van der Waals surface area contributed by atoms with Crippen molar-refractivity contribution in [1.82, 2.24) is 39.9 Å². The lowest BCUT2D eigenvalue weighted by Crippen LogP contribution is -2.10. The quantitative estimate of drug-likeness (QED) is 0.158. The molecule has 0 fully saturated rings. The van der Waals surface area contributed by atoms with Gasteiger partial charge < -0.3 is 19.8 Å². The molecule has 9 rings (SSSR count). The van der Waals surface area contributed by atoms with Crippen LogP contribution in [0.1, 0.15) is 85.4 Å². The number of aromatic amines is 2. The van der Waals surface area contributed by atoms with Crippen LogP contribution in [-0.4, -0.2) is 57.6 Å². The maximum absolute atomic E-state index is 11.3. The predicted molar refractivity (Wildman–Crippen MR) is 230 cm³/mol. The Labute approximate surface area is 336 Å². The molecule has 0 radical (unpaired) electrons. The predicted octanol–water partition coefficient (Wildman–Crippen LogP) is 10.6. The fourth-order valence-corrected chi connectivity index (χ4v) is 7.52. The first-order chi connectivity index (χ1) is 27.4. The molecule has 0 saturated carbocycles. The first-order valence-electron chi connectivity index (χ1n) is 19.7. The Bertz CT molecular complexity index is 3010. The Balaban J connectivity index is 1.42. The van der Waals surface area contributed by atoms with Gasteiger partial charge in [-0.15, -0.1) is 0 Å². The van der Waals surface area contributed by atoms with Crippen molar-refractivity contribution in [1.29, 1.82) is 0 Å². The van der Waals surface area contributed by atoms with Crippen molar-refractivity contribution >= 4 is 50.1 Å². The van der Waals surface area contributed by atoms with Gasteiger partial charge in [-0.25, -0.2) is 29.9 Å². The summed E-state index contributed by atoms with van der Waals surface area (Å²) in [7, 11) is 0. The van der Waals surface area contributed by atoms with E-state index in [0.717, 1.165) is 49.4 Å². The Morgan fingerprint density at radius 2 is 0.897 bits per heavy atom. The molecular formula is C47H46N8O3. The van der Waals surface area contributed by atoms with E-state index in [0.29, 0.717) is 57.2 Å². The van der Waals surface area contributed by atoms with E-state index in [-0.39, 0.29) is 29.3 Å². The van der Waals surface area contributed by atoms with E-state index in [1.165, 1.54) is 5.56 Å². The summed E-state index contributed by atoms with van der Waals surface area (Å²) in [4.78, 5) is 49.5. The molecule has 3 aromatic heterocycles. The molecule has 0 spiro atoms. The first-order valence-corrected chi connectivity index (χ1v) is 19.7. The van der Waals surface area contributed by atoms with Crippen LogP contribution in [0.3, 0.4) is 0 Å². The minimum atomic E-state index is -0.930. The second-order valence-corrected chi connectivity index (χ2v) is 18.3. The van der Waals surface area contributed by atoms with E-state index in [1.54, 1.807) is 0 Å². The standard InChI is InChI=1S/C47H46N8O3/c1-45(2,3)24-10-14-28-32(20-24)41-48-37(28)50-42-34-22-26(47(7,8)9)12-16-30(34)39(52-42)54-44-35-23-27(58-19-18-36(56)57)13-17-31(35)40(55-44)53-43-33-21-25(46(4,5)6)11-15-29(33)38(49-41)51-43/h10-17,20-23H,18-19H2,1-9H3,(H,56,57)(H2,48,49,50,51,52,53,54,55). The number of fused-ring (bicyclic) bond motifs is 20. The van der Waals surface area contributed by atoms with Crippen molar-refractivity contribution in [2.75, 3.05) is 6.61 Å². The Hall–Kier alpha value is -6.49. The maximum Gasteiger partial charge on any atom is 0.306 e. The van der Waals surface area contributed by atoms with Gasteiger partial charge in [0, 0.05) is 43.8 Å². The van der Waals surface area contributed by atoms with E-state index in [4.69, 9.17) is 34.6 Å². The summed E-state index contributed by atoms with van der Waals surface area (Å²) in [6, 6.07) is 24.8. The number of carbonyl (C=O) groups is 1. The van der Waals surface area contributed by atoms with Crippen LogP contribution in [0.5, 0.6) is 5.75 Å². The average molecular weight is 771 g/mol. The van der Waals surface area contributed by atoms with Gasteiger partial charge in [-0.1, -0.05) is 98.7 Å². The van der Waals surface area contributed by atoms with Gasteiger partial charge in [-0.2, -0.15) is 0 Å². The number of carboxylic acid groups (broad SMARTS) is 1. The number of hydrogen-bond acceptors (Lipinski definition) is 8. The lowest BCUT2D eigenvalue weighted by molar-refractivity contribution is -0.137. The fraction of sp³-hybridized carbons (Fsp3) is 0.298. The summed E-state index contributed by atoms with van der Waals surface area (Å²) in [5.41, 5.74) is 8.88. The van der Waals surface area contributed by atoms with E-state index in [9.17, 15) is 9.90 Å². The summed E-state index contributed by atoms with van der Waals surface area (Å²) in [6.45, 7) is 19.8.